The second-order valence-electron chi connectivity index (χ2n) is 7.36. The summed E-state index contributed by atoms with van der Waals surface area (Å²) in [7, 11) is 3.41. The molecule has 172 valence electrons. The molecule has 1 saturated heterocycles. The van der Waals surface area contributed by atoms with Gasteiger partial charge < -0.3 is 19.7 Å². The molecule has 0 aliphatic carbocycles. The average molecular weight is 560 g/mol. The van der Waals surface area contributed by atoms with Crippen LogP contribution < -0.4 is 14.8 Å². The van der Waals surface area contributed by atoms with Crippen LogP contribution in [0.15, 0.2) is 23.2 Å². The Morgan fingerprint density at radius 3 is 2.48 bits per heavy atom. The normalized spacial score (nSPS) is 14.9. The Balaban J connectivity index is 0.00000341. The van der Waals surface area contributed by atoms with Gasteiger partial charge in [0, 0.05) is 49.7 Å². The van der Waals surface area contributed by atoms with Crippen molar-refractivity contribution < 1.29 is 9.47 Å². The second kappa shape index (κ2) is 12.4. The van der Waals surface area contributed by atoms with Gasteiger partial charge in [0.2, 0.25) is 0 Å². The lowest BCUT2D eigenvalue weighted by Crippen LogP contribution is -2.52. The Kier molecular flexibility index (Phi) is 10.3. The van der Waals surface area contributed by atoms with E-state index < -0.39 is 0 Å². The molecule has 0 amide bonds. The number of nitrogens with one attached hydrogen (secondary N) is 1. The highest BCUT2D eigenvalue weighted by Gasteiger charge is 2.21. The van der Waals surface area contributed by atoms with E-state index in [9.17, 15) is 0 Å². The summed E-state index contributed by atoms with van der Waals surface area (Å²) in [6.07, 6.45) is 0. The van der Waals surface area contributed by atoms with Crippen LogP contribution in [0.25, 0.3) is 0 Å². The van der Waals surface area contributed by atoms with Gasteiger partial charge in [0.05, 0.1) is 26.5 Å². The summed E-state index contributed by atoms with van der Waals surface area (Å²) in [6.45, 7) is 12.4. The standard InChI is InChI=1S/C22H33N5O2S.HI/c1-6-23-22(24-14-21-25-16(2)17(3)30-21)27-11-9-26(10-12-27)15-18-13-19(28-4)7-8-20(18)29-5;/h7-8,13H,6,9-12,14-15H2,1-5H3,(H,23,24);1H. The molecule has 0 radical (unpaired) electrons. The van der Waals surface area contributed by atoms with Crippen LogP contribution in [-0.2, 0) is 13.1 Å². The summed E-state index contributed by atoms with van der Waals surface area (Å²) in [5, 5.41) is 4.51. The topological polar surface area (TPSA) is 62.2 Å². The Morgan fingerprint density at radius 2 is 1.90 bits per heavy atom. The Labute approximate surface area is 206 Å². The molecule has 1 aromatic heterocycles. The number of methoxy groups -OCH3 is 2. The number of thiazole rings is 1. The number of guanidine groups is 1. The number of piperazine rings is 1. The minimum atomic E-state index is 0. The minimum Gasteiger partial charge on any atom is -0.497 e. The maximum Gasteiger partial charge on any atom is 0.194 e. The summed E-state index contributed by atoms with van der Waals surface area (Å²) < 4.78 is 10.9. The molecule has 0 spiro atoms. The zero-order chi connectivity index (χ0) is 21.5. The molecule has 0 bridgehead atoms. The molecule has 9 heteroatoms. The number of halogens is 1. The number of nitrogens with zero attached hydrogens (tertiary/aromatic N) is 4. The Bertz CT molecular complexity index is 846. The molecule has 31 heavy (non-hydrogen) atoms. The number of rotatable bonds is 7. The van der Waals surface area contributed by atoms with E-state index in [2.05, 4.69) is 46.9 Å². The quantitative estimate of drug-likeness (QED) is 0.318. The largest absolute Gasteiger partial charge is 0.497 e. The van der Waals surface area contributed by atoms with Gasteiger partial charge in [0.1, 0.15) is 16.5 Å². The summed E-state index contributed by atoms with van der Waals surface area (Å²) in [5.74, 6) is 2.74. The summed E-state index contributed by atoms with van der Waals surface area (Å²) >= 11 is 1.73. The van der Waals surface area contributed by atoms with E-state index >= 15 is 0 Å². The smallest absolute Gasteiger partial charge is 0.194 e. The number of ether oxygens (including phenoxy) is 2. The first kappa shape index (κ1) is 25.7. The molecule has 0 saturated carbocycles. The predicted octanol–water partition coefficient (Wildman–Crippen LogP) is 3.68. The van der Waals surface area contributed by atoms with Gasteiger partial charge in [0.25, 0.3) is 0 Å². The molecule has 1 N–H and O–H groups in total. The SMILES string of the molecule is CCNC(=NCc1nc(C)c(C)s1)N1CCN(Cc2cc(OC)ccc2OC)CC1.I. The van der Waals surface area contributed by atoms with E-state index in [0.717, 1.165) is 73.0 Å². The zero-order valence-corrected chi connectivity index (χ0v) is 22.3. The first-order valence-corrected chi connectivity index (χ1v) is 11.2. The first-order chi connectivity index (χ1) is 14.5. The molecule has 1 aliphatic rings. The maximum atomic E-state index is 5.54. The van der Waals surface area contributed by atoms with Crippen LogP contribution in [-0.4, -0.2) is 67.7 Å². The van der Waals surface area contributed by atoms with Crippen molar-refractivity contribution in [3.05, 3.63) is 39.3 Å². The van der Waals surface area contributed by atoms with Gasteiger partial charge in [-0.1, -0.05) is 0 Å². The minimum absolute atomic E-state index is 0. The molecule has 2 aromatic rings. The van der Waals surface area contributed by atoms with Crippen LogP contribution >= 0.6 is 35.3 Å². The summed E-state index contributed by atoms with van der Waals surface area (Å²) in [4.78, 5) is 15.5. The number of aryl methyl sites for hydroxylation is 2. The van der Waals surface area contributed by atoms with Crippen LogP contribution in [0.5, 0.6) is 11.5 Å². The van der Waals surface area contributed by atoms with Gasteiger partial charge in [-0.05, 0) is 39.0 Å². The van der Waals surface area contributed by atoms with Crippen molar-refractivity contribution in [1.29, 1.82) is 0 Å². The van der Waals surface area contributed by atoms with Crippen molar-refractivity contribution in [2.45, 2.75) is 33.9 Å². The van der Waals surface area contributed by atoms with Gasteiger partial charge in [-0.15, -0.1) is 35.3 Å². The van der Waals surface area contributed by atoms with E-state index in [1.165, 1.54) is 4.88 Å². The van der Waals surface area contributed by atoms with Gasteiger partial charge in [0.15, 0.2) is 5.96 Å². The highest BCUT2D eigenvalue weighted by Crippen LogP contribution is 2.25. The average Bonchev–Trinajstić information content (AvgIpc) is 3.09. The van der Waals surface area contributed by atoms with Crippen molar-refractivity contribution >= 4 is 41.3 Å². The lowest BCUT2D eigenvalue weighted by Gasteiger charge is -2.36. The van der Waals surface area contributed by atoms with Crippen LogP contribution in [0.4, 0.5) is 0 Å². The van der Waals surface area contributed by atoms with E-state index in [-0.39, 0.29) is 24.0 Å². The van der Waals surface area contributed by atoms with Crippen molar-refractivity contribution in [3.63, 3.8) is 0 Å². The second-order valence-corrected chi connectivity index (χ2v) is 8.65. The van der Waals surface area contributed by atoms with Crippen molar-refractivity contribution in [2.75, 3.05) is 46.9 Å². The molecule has 1 aliphatic heterocycles. The number of aliphatic imine (C=N–C) groups is 1. The molecule has 0 atom stereocenters. The zero-order valence-electron chi connectivity index (χ0n) is 19.1. The molecular formula is C22H34IN5O2S. The molecular weight excluding hydrogens is 525 g/mol. The Morgan fingerprint density at radius 1 is 1.16 bits per heavy atom. The summed E-state index contributed by atoms with van der Waals surface area (Å²) in [6, 6.07) is 5.97. The molecule has 1 fully saturated rings. The maximum absolute atomic E-state index is 5.54. The van der Waals surface area contributed by atoms with Gasteiger partial charge in [-0.25, -0.2) is 9.98 Å². The molecule has 7 nitrogen and oxygen atoms in total. The third-order valence-electron chi connectivity index (χ3n) is 5.33. The van der Waals surface area contributed by atoms with Crippen LogP contribution in [0.2, 0.25) is 0 Å². The molecule has 0 unspecified atom stereocenters. The number of hydrogen-bond acceptors (Lipinski definition) is 6. The summed E-state index contributed by atoms with van der Waals surface area (Å²) in [5.41, 5.74) is 2.26. The first-order valence-electron chi connectivity index (χ1n) is 10.4. The fraction of sp³-hybridized carbons (Fsp3) is 0.545. The predicted molar refractivity (Wildman–Crippen MR) is 138 cm³/mol. The van der Waals surface area contributed by atoms with E-state index in [1.807, 2.05) is 12.1 Å². The Hall–Kier alpha value is -1.59. The van der Waals surface area contributed by atoms with Crippen molar-refractivity contribution in [1.82, 2.24) is 20.1 Å². The van der Waals surface area contributed by atoms with Gasteiger partial charge in [-0.3, -0.25) is 4.90 Å². The highest BCUT2D eigenvalue weighted by molar-refractivity contribution is 14.0. The fourth-order valence-electron chi connectivity index (χ4n) is 3.54. The number of hydrogen-bond donors (Lipinski definition) is 1. The molecule has 1 aromatic carbocycles. The number of benzene rings is 1. The highest BCUT2D eigenvalue weighted by atomic mass is 127. The lowest BCUT2D eigenvalue weighted by molar-refractivity contribution is 0.171. The lowest BCUT2D eigenvalue weighted by atomic mass is 10.1. The monoisotopic (exact) mass is 559 g/mol. The number of aromatic nitrogens is 1. The fourth-order valence-corrected chi connectivity index (χ4v) is 4.40. The van der Waals surface area contributed by atoms with Crippen molar-refractivity contribution in [2.24, 2.45) is 4.99 Å². The van der Waals surface area contributed by atoms with E-state index in [1.54, 1.807) is 25.6 Å². The van der Waals surface area contributed by atoms with Crippen molar-refractivity contribution in [3.8, 4) is 11.5 Å². The molecule has 3 rings (SSSR count). The van der Waals surface area contributed by atoms with Crippen LogP contribution in [0.1, 0.15) is 28.1 Å². The van der Waals surface area contributed by atoms with Crippen LogP contribution in [0, 0.1) is 13.8 Å². The van der Waals surface area contributed by atoms with Gasteiger partial charge >= 0.3 is 0 Å². The third-order valence-corrected chi connectivity index (χ3v) is 6.38. The molecule has 2 heterocycles. The van der Waals surface area contributed by atoms with Crippen LogP contribution in [0.3, 0.4) is 0 Å². The van der Waals surface area contributed by atoms with E-state index in [4.69, 9.17) is 14.5 Å². The van der Waals surface area contributed by atoms with E-state index in [0.29, 0.717) is 6.54 Å². The van der Waals surface area contributed by atoms with Gasteiger partial charge in [-0.2, -0.15) is 0 Å². The third kappa shape index (κ3) is 6.95.